The molecular formula is C23H23N3O2S. The van der Waals surface area contributed by atoms with Gasteiger partial charge in [0.2, 0.25) is 0 Å². The zero-order chi connectivity index (χ0) is 20.0. The van der Waals surface area contributed by atoms with Crippen molar-refractivity contribution in [2.24, 2.45) is 0 Å². The zero-order valence-electron chi connectivity index (χ0n) is 16.6. The molecule has 4 aromatic rings. The van der Waals surface area contributed by atoms with Crippen LogP contribution in [-0.2, 0) is 4.74 Å². The fraction of sp³-hybridized carbons (Fsp3) is 0.304. The van der Waals surface area contributed by atoms with E-state index in [2.05, 4.69) is 31.0 Å². The fourth-order valence-corrected chi connectivity index (χ4v) is 5.12. The number of anilines is 1. The second-order valence-corrected chi connectivity index (χ2v) is 8.65. The first-order chi connectivity index (χ1) is 14.1. The molecular weight excluding hydrogens is 382 g/mol. The summed E-state index contributed by atoms with van der Waals surface area (Å²) in [6, 6.07) is 12.1. The first-order valence-electron chi connectivity index (χ1n) is 9.98. The van der Waals surface area contributed by atoms with Gasteiger partial charge in [-0.1, -0.05) is 41.7 Å². The lowest BCUT2D eigenvalue weighted by atomic mass is 10.1. The van der Waals surface area contributed by atoms with E-state index in [9.17, 15) is 4.79 Å². The number of amides is 1. The molecule has 6 heteroatoms. The van der Waals surface area contributed by atoms with Crippen LogP contribution in [0, 0.1) is 13.8 Å². The molecule has 1 aliphatic rings. The number of ether oxygens (including phenoxy) is 1. The molecule has 0 aliphatic carbocycles. The number of thiazole rings is 1. The lowest BCUT2D eigenvalue weighted by Crippen LogP contribution is -2.37. The van der Waals surface area contributed by atoms with Crippen molar-refractivity contribution in [1.82, 2.24) is 9.97 Å². The topological polar surface area (TPSA) is 58.2 Å². The van der Waals surface area contributed by atoms with Gasteiger partial charge in [0.25, 0.3) is 5.91 Å². The third kappa shape index (κ3) is 3.22. The van der Waals surface area contributed by atoms with Gasteiger partial charge in [-0.25, -0.2) is 4.98 Å². The molecule has 2 aromatic heterocycles. The summed E-state index contributed by atoms with van der Waals surface area (Å²) < 4.78 is 7.00. The number of fused-ring (bicyclic) bond motifs is 2. The molecule has 2 aromatic carbocycles. The van der Waals surface area contributed by atoms with E-state index in [1.54, 1.807) is 17.5 Å². The van der Waals surface area contributed by atoms with E-state index in [0.717, 1.165) is 51.3 Å². The van der Waals surface area contributed by atoms with E-state index in [0.29, 0.717) is 12.1 Å². The minimum atomic E-state index is -0.0349. The van der Waals surface area contributed by atoms with Crippen molar-refractivity contribution in [3.05, 3.63) is 59.3 Å². The summed E-state index contributed by atoms with van der Waals surface area (Å²) in [5.74, 6) is -0.0349. The number of rotatable bonds is 4. The lowest BCUT2D eigenvalue weighted by molar-refractivity contribution is 0.0919. The second-order valence-electron chi connectivity index (χ2n) is 7.67. The monoisotopic (exact) mass is 405 g/mol. The Labute approximate surface area is 173 Å². The Bertz CT molecular complexity index is 1160. The van der Waals surface area contributed by atoms with E-state index in [4.69, 9.17) is 9.72 Å². The Balaban J connectivity index is 1.60. The number of hydrogen-bond donors (Lipinski definition) is 1. The first-order valence-corrected chi connectivity index (χ1v) is 10.8. The third-order valence-electron chi connectivity index (χ3n) is 5.64. The van der Waals surface area contributed by atoms with Crippen molar-refractivity contribution in [2.75, 3.05) is 18.1 Å². The molecule has 0 bridgehead atoms. The van der Waals surface area contributed by atoms with E-state index < -0.39 is 0 Å². The van der Waals surface area contributed by atoms with E-state index >= 15 is 0 Å². The highest BCUT2D eigenvalue weighted by atomic mass is 32.1. The van der Waals surface area contributed by atoms with Gasteiger partial charge in [0.15, 0.2) is 5.13 Å². The van der Waals surface area contributed by atoms with Crippen LogP contribution in [0.5, 0.6) is 0 Å². The minimum absolute atomic E-state index is 0.0349. The van der Waals surface area contributed by atoms with Gasteiger partial charge in [-0.15, -0.1) is 0 Å². The lowest BCUT2D eigenvalue weighted by Gasteiger charge is -2.22. The minimum Gasteiger partial charge on any atom is -0.376 e. The van der Waals surface area contributed by atoms with Crippen LogP contribution in [0.1, 0.15) is 34.3 Å². The maximum absolute atomic E-state index is 13.7. The van der Waals surface area contributed by atoms with Crippen LogP contribution < -0.4 is 4.90 Å². The summed E-state index contributed by atoms with van der Waals surface area (Å²) in [7, 11) is 0. The zero-order valence-corrected chi connectivity index (χ0v) is 17.4. The number of benzene rings is 2. The van der Waals surface area contributed by atoms with Gasteiger partial charge in [0.1, 0.15) is 0 Å². The van der Waals surface area contributed by atoms with Gasteiger partial charge >= 0.3 is 0 Å². The van der Waals surface area contributed by atoms with Gasteiger partial charge in [0.05, 0.1) is 28.4 Å². The van der Waals surface area contributed by atoms with Crippen molar-refractivity contribution in [1.29, 1.82) is 0 Å². The van der Waals surface area contributed by atoms with Crippen LogP contribution in [0.3, 0.4) is 0 Å². The van der Waals surface area contributed by atoms with E-state index in [1.807, 2.05) is 29.2 Å². The largest absolute Gasteiger partial charge is 0.376 e. The highest BCUT2D eigenvalue weighted by molar-refractivity contribution is 7.22. The number of aryl methyl sites for hydroxylation is 2. The van der Waals surface area contributed by atoms with Crippen molar-refractivity contribution >= 4 is 43.5 Å². The molecule has 29 heavy (non-hydrogen) atoms. The van der Waals surface area contributed by atoms with Crippen LogP contribution in [-0.4, -0.2) is 35.1 Å². The average molecular weight is 406 g/mol. The maximum atomic E-state index is 13.7. The fourth-order valence-electron chi connectivity index (χ4n) is 4.00. The van der Waals surface area contributed by atoms with Gasteiger partial charge in [-0.05, 0) is 43.9 Å². The molecule has 0 unspecified atom stereocenters. The van der Waals surface area contributed by atoms with Gasteiger partial charge in [-0.2, -0.15) is 0 Å². The van der Waals surface area contributed by atoms with E-state index in [-0.39, 0.29) is 12.0 Å². The van der Waals surface area contributed by atoms with Gasteiger partial charge < -0.3 is 9.72 Å². The maximum Gasteiger partial charge on any atom is 0.262 e. The predicted octanol–water partition coefficient (Wildman–Crippen LogP) is 5.22. The second kappa shape index (κ2) is 7.28. The highest BCUT2D eigenvalue weighted by Gasteiger charge is 2.28. The molecule has 1 N–H and O–H groups in total. The normalized spacial score (nSPS) is 16.7. The molecule has 5 nitrogen and oxygen atoms in total. The molecule has 1 atom stereocenters. The number of H-pyrrole nitrogens is 1. The van der Waals surface area contributed by atoms with Crippen molar-refractivity contribution < 1.29 is 9.53 Å². The summed E-state index contributed by atoms with van der Waals surface area (Å²) in [5, 5.41) is 1.67. The molecule has 0 saturated carbocycles. The number of para-hydroxylation sites is 1. The number of aromatic nitrogens is 2. The standard InChI is InChI=1S/C23H23N3O2S/c1-14-9-10-15(2)21-20(14)25-23(29-21)26(13-16-6-5-11-28-16)22(27)18-12-24-19-8-4-3-7-17(18)19/h3-4,7-10,12,16,24H,5-6,11,13H2,1-2H3/t16-/m1/s1. The smallest absolute Gasteiger partial charge is 0.262 e. The molecule has 1 aliphatic heterocycles. The van der Waals surface area contributed by atoms with E-state index in [1.165, 1.54) is 5.56 Å². The van der Waals surface area contributed by atoms with Crippen LogP contribution >= 0.6 is 11.3 Å². The molecule has 5 rings (SSSR count). The molecule has 0 radical (unpaired) electrons. The Morgan fingerprint density at radius 3 is 2.86 bits per heavy atom. The van der Waals surface area contributed by atoms with Crippen LogP contribution in [0.15, 0.2) is 42.6 Å². The highest BCUT2D eigenvalue weighted by Crippen LogP contribution is 2.35. The molecule has 1 saturated heterocycles. The van der Waals surface area contributed by atoms with Crippen molar-refractivity contribution in [3.63, 3.8) is 0 Å². The summed E-state index contributed by atoms with van der Waals surface area (Å²) in [5.41, 5.74) is 4.93. The molecule has 1 fully saturated rings. The Morgan fingerprint density at radius 1 is 1.24 bits per heavy atom. The van der Waals surface area contributed by atoms with Crippen molar-refractivity contribution in [2.45, 2.75) is 32.8 Å². The quantitative estimate of drug-likeness (QED) is 0.506. The average Bonchev–Trinajstić information content (AvgIpc) is 3.48. The number of nitrogens with zero attached hydrogens (tertiary/aromatic N) is 2. The number of nitrogens with one attached hydrogen (secondary N) is 1. The molecule has 1 amide bonds. The number of hydrogen-bond acceptors (Lipinski definition) is 4. The summed E-state index contributed by atoms with van der Waals surface area (Å²) >= 11 is 1.59. The number of carbonyl (C=O) groups excluding carboxylic acids is 1. The Kier molecular flexibility index (Phi) is 4.60. The number of carbonyl (C=O) groups is 1. The molecule has 3 heterocycles. The molecule has 148 valence electrons. The Hall–Kier alpha value is -2.70. The van der Waals surface area contributed by atoms with Gasteiger partial charge in [0, 0.05) is 23.7 Å². The summed E-state index contributed by atoms with van der Waals surface area (Å²) in [6.45, 7) is 5.45. The summed E-state index contributed by atoms with van der Waals surface area (Å²) in [6.07, 6.45) is 3.87. The SMILES string of the molecule is Cc1ccc(C)c2sc(N(C[C@H]3CCCO3)C(=O)c3c[nH]c4ccccc34)nc12. The first kappa shape index (κ1) is 18.3. The number of aromatic amines is 1. The van der Waals surface area contributed by atoms with Crippen molar-refractivity contribution in [3.8, 4) is 0 Å². The van der Waals surface area contributed by atoms with Gasteiger partial charge in [-0.3, -0.25) is 9.69 Å². The van der Waals surface area contributed by atoms with Crippen LogP contribution in [0.25, 0.3) is 21.1 Å². The third-order valence-corrected chi connectivity index (χ3v) is 6.85. The van der Waals surface area contributed by atoms with Crippen LogP contribution in [0.2, 0.25) is 0 Å². The Morgan fingerprint density at radius 2 is 2.07 bits per heavy atom. The summed E-state index contributed by atoms with van der Waals surface area (Å²) in [4.78, 5) is 23.6. The predicted molar refractivity (Wildman–Crippen MR) is 118 cm³/mol. The molecule has 0 spiro atoms. The van der Waals surface area contributed by atoms with Crippen LogP contribution in [0.4, 0.5) is 5.13 Å².